The summed E-state index contributed by atoms with van der Waals surface area (Å²) in [4.78, 5) is 39.6. The first kappa shape index (κ1) is 53.9. The normalized spacial score (nSPS) is 48.2. The molecule has 2 saturated heterocycles. The van der Waals surface area contributed by atoms with Gasteiger partial charge in [0.15, 0.2) is 24.8 Å². The fourth-order valence-electron chi connectivity index (χ4n) is 14.8. The van der Waals surface area contributed by atoms with E-state index in [2.05, 4.69) is 33.8 Å². The number of esters is 2. The molecule has 2 heterocycles. The number of aliphatic carboxylic acids is 1. The van der Waals surface area contributed by atoms with Crippen LogP contribution in [0.2, 0.25) is 0 Å². The van der Waals surface area contributed by atoms with E-state index in [1.807, 2.05) is 20.8 Å². The summed E-state index contributed by atoms with van der Waals surface area (Å²) >= 11 is 0. The van der Waals surface area contributed by atoms with Crippen LogP contribution in [0.3, 0.4) is 0 Å². The van der Waals surface area contributed by atoms with E-state index in [1.54, 1.807) is 39.8 Å². The fraction of sp³-hybridized carbons (Fsp3) is 0.824. The highest BCUT2D eigenvalue weighted by Crippen LogP contribution is 2.76. The van der Waals surface area contributed by atoms with Gasteiger partial charge in [-0.15, -0.1) is 0 Å². The molecule has 6 unspecified atom stereocenters. The van der Waals surface area contributed by atoms with Crippen LogP contribution >= 0.6 is 0 Å². The van der Waals surface area contributed by atoms with E-state index in [0.29, 0.717) is 44.1 Å². The molecule has 0 aromatic carbocycles. The van der Waals surface area contributed by atoms with Gasteiger partial charge >= 0.3 is 17.9 Å². The molecule has 390 valence electrons. The molecule has 9 N–H and O–H groups in total. The van der Waals surface area contributed by atoms with Crippen molar-refractivity contribution in [2.45, 2.75) is 201 Å². The highest BCUT2D eigenvalue weighted by molar-refractivity contribution is 5.89. The molecule has 4 saturated carbocycles. The van der Waals surface area contributed by atoms with Crippen molar-refractivity contribution < 1.29 is 88.8 Å². The monoisotopic (exact) mass is 979 g/mol. The smallest absolute Gasteiger partial charge is 0.335 e. The Hall–Kier alpha value is -2.85. The second kappa shape index (κ2) is 18.9. The largest absolute Gasteiger partial charge is 0.479 e. The van der Waals surface area contributed by atoms with E-state index < -0.39 is 155 Å². The SMILES string of the molecule is C/C=C(/C)C(=O)O[C@H]1[C@H](OC(=O)/C(C)=C\C)[C@@]2(CO)C(CC1(C)C)C1=CCC3[C@@]4(C)CC[C@H](O[C@@H]5OC(C(=O)O)[C@@H](O)[C@@H](O[C@@H]6O[C@@H](CO)C(O)[C@@H]6O)C5O)C(C)(C)C4CC[C@@]3(C)[C@]1(C)[C@@H](O)[C@H]2O. The van der Waals surface area contributed by atoms with Crippen molar-refractivity contribution >= 4 is 17.9 Å². The molecular formula is C51H78O18. The molecule has 0 bridgehead atoms. The number of hydrogen-bond donors (Lipinski definition) is 9. The summed E-state index contributed by atoms with van der Waals surface area (Å²) in [6.45, 7) is 19.7. The Balaban J connectivity index is 1.20. The molecule has 7 aliphatic rings. The lowest BCUT2D eigenvalue weighted by atomic mass is 9.32. The van der Waals surface area contributed by atoms with Crippen LogP contribution in [-0.4, -0.2) is 163 Å². The molecule has 18 heteroatoms. The number of ether oxygens (including phenoxy) is 6. The van der Waals surface area contributed by atoms with Crippen LogP contribution in [0.25, 0.3) is 0 Å². The fourth-order valence-corrected chi connectivity index (χ4v) is 14.8. The Morgan fingerprint density at radius 1 is 0.739 bits per heavy atom. The molecule has 69 heavy (non-hydrogen) atoms. The summed E-state index contributed by atoms with van der Waals surface area (Å²) in [6.07, 6.45) is -12.6. The number of aliphatic hydroxyl groups excluding tert-OH is 8. The molecule has 0 spiro atoms. The Kier molecular flexibility index (Phi) is 14.8. The number of aliphatic hydroxyl groups is 8. The van der Waals surface area contributed by atoms with Gasteiger partial charge in [-0.25, -0.2) is 14.4 Å². The van der Waals surface area contributed by atoms with Crippen LogP contribution in [0.4, 0.5) is 0 Å². The Bertz CT molecular complexity index is 2070. The van der Waals surface area contributed by atoms with Crippen LogP contribution in [0.1, 0.15) is 115 Å². The van der Waals surface area contributed by atoms with Crippen molar-refractivity contribution in [2.75, 3.05) is 13.2 Å². The molecule has 7 rings (SSSR count). The Morgan fingerprint density at radius 2 is 1.33 bits per heavy atom. The van der Waals surface area contributed by atoms with Crippen LogP contribution in [0.5, 0.6) is 0 Å². The first-order chi connectivity index (χ1) is 32.1. The van der Waals surface area contributed by atoms with Crippen molar-refractivity contribution in [3.8, 4) is 0 Å². The van der Waals surface area contributed by atoms with Gasteiger partial charge in [0.25, 0.3) is 0 Å². The lowest BCUT2D eigenvalue weighted by molar-refractivity contribution is -0.344. The minimum atomic E-state index is -1.94. The molecule has 6 fully saturated rings. The highest BCUT2D eigenvalue weighted by atomic mass is 16.7. The Labute approximate surface area is 404 Å². The van der Waals surface area contributed by atoms with Crippen molar-refractivity contribution in [3.05, 3.63) is 34.9 Å². The second-order valence-corrected chi connectivity index (χ2v) is 23.2. The molecule has 21 atom stereocenters. The molecule has 0 amide bonds. The van der Waals surface area contributed by atoms with E-state index in [0.717, 1.165) is 5.57 Å². The number of carboxylic acid groups (broad SMARTS) is 1. The van der Waals surface area contributed by atoms with Crippen molar-refractivity contribution in [1.29, 1.82) is 0 Å². The molecule has 18 nitrogen and oxygen atoms in total. The third-order valence-corrected chi connectivity index (χ3v) is 19.2. The predicted molar refractivity (Wildman–Crippen MR) is 244 cm³/mol. The molecule has 5 aliphatic carbocycles. The number of fused-ring (bicyclic) bond motifs is 7. The zero-order chi connectivity index (χ0) is 51.3. The number of rotatable bonds is 11. The van der Waals surface area contributed by atoms with Gasteiger partial charge in [-0.1, -0.05) is 72.3 Å². The molecule has 0 radical (unpaired) electrons. The van der Waals surface area contributed by atoms with Crippen molar-refractivity contribution in [3.63, 3.8) is 0 Å². The maximum atomic E-state index is 13.7. The van der Waals surface area contributed by atoms with Crippen LogP contribution in [0.15, 0.2) is 34.9 Å². The van der Waals surface area contributed by atoms with Crippen molar-refractivity contribution in [2.24, 2.45) is 50.2 Å². The van der Waals surface area contributed by atoms with E-state index in [1.165, 1.54) is 0 Å². The lowest BCUT2D eigenvalue weighted by Gasteiger charge is -2.73. The maximum Gasteiger partial charge on any atom is 0.335 e. The number of allylic oxidation sites excluding steroid dienone is 3. The zero-order valence-electron chi connectivity index (χ0n) is 41.9. The molecular weight excluding hydrogens is 901 g/mol. The van der Waals surface area contributed by atoms with Crippen molar-refractivity contribution in [1.82, 2.24) is 0 Å². The number of carbonyl (C=O) groups excluding carboxylic acids is 2. The second-order valence-electron chi connectivity index (χ2n) is 23.2. The van der Waals surface area contributed by atoms with Crippen LogP contribution in [0, 0.1) is 50.2 Å². The number of carboxylic acids is 1. The van der Waals surface area contributed by atoms with Gasteiger partial charge in [0.2, 0.25) is 0 Å². The summed E-state index contributed by atoms with van der Waals surface area (Å²) < 4.78 is 36.0. The topological polar surface area (TPSA) is 289 Å². The quantitative estimate of drug-likeness (QED) is 0.0622. The van der Waals surface area contributed by atoms with Crippen LogP contribution < -0.4 is 0 Å². The number of hydrogen-bond acceptors (Lipinski definition) is 17. The van der Waals surface area contributed by atoms with Gasteiger partial charge in [0, 0.05) is 22.0 Å². The zero-order valence-corrected chi connectivity index (χ0v) is 41.9. The molecule has 2 aliphatic heterocycles. The summed E-state index contributed by atoms with van der Waals surface area (Å²) in [6, 6.07) is 0. The summed E-state index contributed by atoms with van der Waals surface area (Å²) in [5, 5.41) is 101. The average Bonchev–Trinajstić information content (AvgIpc) is 3.57. The van der Waals surface area contributed by atoms with Crippen LogP contribution in [-0.2, 0) is 42.8 Å². The molecule has 0 aromatic rings. The minimum Gasteiger partial charge on any atom is -0.479 e. The van der Waals surface area contributed by atoms with Gasteiger partial charge in [0.1, 0.15) is 42.7 Å². The van der Waals surface area contributed by atoms with Gasteiger partial charge < -0.3 is 74.4 Å². The van der Waals surface area contributed by atoms with Gasteiger partial charge in [-0.2, -0.15) is 0 Å². The first-order valence-electron chi connectivity index (χ1n) is 24.6. The minimum absolute atomic E-state index is 0.0292. The third kappa shape index (κ3) is 8.10. The summed E-state index contributed by atoms with van der Waals surface area (Å²) in [5.41, 5.74) is -3.75. The standard InChI is InChI=1S/C51H78O18/c1-12-23(3)42(62)68-39-40(69-43(63)24(4)13-2)51(22-53)26(20-46(39,5)6)25-14-15-29-48(9)18-17-30(47(7,8)28(48)16-19-49(29,10)50(25,11)37(58)38(51)59)65-45-34(57)35(33(56)36(67-45)41(60)61)66-44-32(55)31(54)27(21-52)64-44/h12-14,26-40,44-45,52-59H,15-22H2,1-11H3,(H,60,61)/b23-12-,24-13-/t26?,27-,28?,29?,30-,31?,32-,33-,34?,35+,36?,37-,38+,39-,40-,44-,45+,48-,49+,50-,51-/m0/s1. The molecule has 0 aromatic heterocycles. The first-order valence-corrected chi connectivity index (χ1v) is 24.6. The summed E-state index contributed by atoms with van der Waals surface area (Å²) in [5.74, 6) is -3.57. The van der Waals surface area contributed by atoms with Gasteiger partial charge in [-0.3, -0.25) is 0 Å². The van der Waals surface area contributed by atoms with Gasteiger partial charge in [-0.05, 0) is 100 Å². The van der Waals surface area contributed by atoms with Gasteiger partial charge in [0.05, 0.1) is 36.9 Å². The van der Waals surface area contributed by atoms with E-state index in [-0.39, 0.29) is 17.4 Å². The van der Waals surface area contributed by atoms with E-state index >= 15 is 0 Å². The van der Waals surface area contributed by atoms with E-state index in [4.69, 9.17) is 28.4 Å². The lowest BCUT2D eigenvalue weighted by Crippen LogP contribution is -2.76. The average molecular weight is 979 g/mol. The summed E-state index contributed by atoms with van der Waals surface area (Å²) in [7, 11) is 0. The predicted octanol–water partition coefficient (Wildman–Crippen LogP) is 2.44. The third-order valence-electron chi connectivity index (χ3n) is 19.2. The van der Waals surface area contributed by atoms with E-state index in [9.17, 15) is 60.3 Å². The number of carbonyl (C=O) groups is 3. The highest BCUT2D eigenvalue weighted by Gasteiger charge is 2.76. The Morgan fingerprint density at radius 3 is 1.88 bits per heavy atom. The maximum absolute atomic E-state index is 13.7.